The lowest BCUT2D eigenvalue weighted by atomic mass is 9.70. The van der Waals surface area contributed by atoms with Gasteiger partial charge in [-0.2, -0.15) is 0 Å². The van der Waals surface area contributed by atoms with Gasteiger partial charge >= 0.3 is 0 Å². The standard InChI is InChI=1S/C14H22BBrN2O/c1-6-14(3,4)13(19)18-11-7-9(2)12(15-5)10(8-16)17-11/h7,15H,6,8H2,1-5H3,(H,17,18,19). The number of hydrogen-bond donors (Lipinski definition) is 1. The molecule has 5 heteroatoms. The van der Waals surface area contributed by atoms with Crippen molar-refractivity contribution in [3.05, 3.63) is 17.3 Å². The molecule has 0 fully saturated rings. The van der Waals surface area contributed by atoms with Gasteiger partial charge in [-0.1, -0.05) is 54.6 Å². The van der Waals surface area contributed by atoms with Crippen LogP contribution in [0.15, 0.2) is 6.07 Å². The van der Waals surface area contributed by atoms with Gasteiger partial charge in [0.1, 0.15) is 5.82 Å². The summed E-state index contributed by atoms with van der Waals surface area (Å²) in [6, 6.07) is 1.95. The Morgan fingerprint density at radius 2 is 2.16 bits per heavy atom. The summed E-state index contributed by atoms with van der Waals surface area (Å²) in [7, 11) is 0.953. The number of nitrogens with zero attached hydrogens (tertiary/aromatic N) is 1. The molecule has 1 heterocycles. The minimum Gasteiger partial charge on any atom is -0.310 e. The fraction of sp³-hybridized carbons (Fsp3) is 0.571. The van der Waals surface area contributed by atoms with Crippen LogP contribution in [0.5, 0.6) is 0 Å². The molecule has 0 saturated heterocycles. The van der Waals surface area contributed by atoms with Crippen LogP contribution < -0.4 is 10.8 Å². The Bertz CT molecular complexity index is 475. The molecular weight excluding hydrogens is 303 g/mol. The third-order valence-electron chi connectivity index (χ3n) is 3.65. The molecule has 0 aliphatic carbocycles. The summed E-state index contributed by atoms with van der Waals surface area (Å²) in [4.78, 5) is 16.7. The number of pyridine rings is 1. The lowest BCUT2D eigenvalue weighted by molar-refractivity contribution is -0.124. The third kappa shape index (κ3) is 3.82. The molecule has 1 aromatic heterocycles. The summed E-state index contributed by atoms with van der Waals surface area (Å²) in [6.45, 7) is 10.1. The lowest BCUT2D eigenvalue weighted by Gasteiger charge is -2.22. The number of carbonyl (C=O) groups is 1. The molecule has 0 saturated carbocycles. The van der Waals surface area contributed by atoms with Crippen LogP contribution >= 0.6 is 15.9 Å². The van der Waals surface area contributed by atoms with E-state index < -0.39 is 0 Å². The van der Waals surface area contributed by atoms with Gasteiger partial charge < -0.3 is 5.32 Å². The van der Waals surface area contributed by atoms with E-state index in [1.807, 2.05) is 26.8 Å². The van der Waals surface area contributed by atoms with Crippen LogP contribution in [0.25, 0.3) is 0 Å². The Labute approximate surface area is 125 Å². The average Bonchev–Trinajstić information content (AvgIpc) is 2.37. The molecule has 0 spiro atoms. The van der Waals surface area contributed by atoms with Crippen LogP contribution in [0.1, 0.15) is 38.4 Å². The molecule has 1 rings (SSSR count). The van der Waals surface area contributed by atoms with E-state index in [2.05, 4.69) is 40.0 Å². The van der Waals surface area contributed by atoms with Crippen molar-refractivity contribution in [2.45, 2.75) is 46.3 Å². The van der Waals surface area contributed by atoms with Gasteiger partial charge in [-0.05, 0) is 19.4 Å². The molecule has 1 aromatic rings. The molecule has 0 aromatic carbocycles. The van der Waals surface area contributed by atoms with E-state index in [-0.39, 0.29) is 11.3 Å². The van der Waals surface area contributed by atoms with Crippen molar-refractivity contribution < 1.29 is 4.79 Å². The second-order valence-electron chi connectivity index (χ2n) is 5.43. The molecule has 0 aliphatic rings. The highest BCUT2D eigenvalue weighted by atomic mass is 79.9. The fourth-order valence-electron chi connectivity index (χ4n) is 1.87. The smallest absolute Gasteiger partial charge is 0.231 e. The third-order valence-corrected chi connectivity index (χ3v) is 4.18. The van der Waals surface area contributed by atoms with Gasteiger partial charge in [-0.3, -0.25) is 4.79 Å². The van der Waals surface area contributed by atoms with E-state index in [9.17, 15) is 4.79 Å². The summed E-state index contributed by atoms with van der Waals surface area (Å²) < 4.78 is 0. The van der Waals surface area contributed by atoms with Gasteiger partial charge in [-0.25, -0.2) is 4.98 Å². The van der Waals surface area contributed by atoms with Crippen LogP contribution in [0.2, 0.25) is 6.82 Å². The summed E-state index contributed by atoms with van der Waals surface area (Å²) in [5.41, 5.74) is 3.07. The molecule has 0 bridgehead atoms. The summed E-state index contributed by atoms with van der Waals surface area (Å²) in [5.74, 6) is 0.669. The van der Waals surface area contributed by atoms with Crippen molar-refractivity contribution >= 4 is 40.4 Å². The number of anilines is 1. The van der Waals surface area contributed by atoms with Crippen LogP contribution in [-0.2, 0) is 10.1 Å². The van der Waals surface area contributed by atoms with Gasteiger partial charge in [0.05, 0.1) is 0 Å². The van der Waals surface area contributed by atoms with E-state index >= 15 is 0 Å². The maximum Gasteiger partial charge on any atom is 0.231 e. The predicted octanol–water partition coefficient (Wildman–Crippen LogP) is 2.77. The molecule has 0 aliphatic heterocycles. The molecule has 1 N–H and O–H groups in total. The van der Waals surface area contributed by atoms with Crippen molar-refractivity contribution in [3.8, 4) is 0 Å². The molecule has 0 unspecified atom stereocenters. The molecular formula is C14H22BBrN2O. The van der Waals surface area contributed by atoms with Crippen molar-refractivity contribution in [1.29, 1.82) is 0 Å². The maximum atomic E-state index is 12.2. The van der Waals surface area contributed by atoms with Crippen molar-refractivity contribution in [3.63, 3.8) is 0 Å². The molecule has 1 amide bonds. The fourth-order valence-corrected chi connectivity index (χ4v) is 2.33. The quantitative estimate of drug-likeness (QED) is 0.668. The monoisotopic (exact) mass is 324 g/mol. The highest BCUT2D eigenvalue weighted by molar-refractivity contribution is 9.08. The van der Waals surface area contributed by atoms with Gasteiger partial charge in [0.15, 0.2) is 7.28 Å². The van der Waals surface area contributed by atoms with Crippen LogP contribution in [0.4, 0.5) is 5.82 Å². The van der Waals surface area contributed by atoms with Gasteiger partial charge in [-0.15, -0.1) is 0 Å². The summed E-state index contributed by atoms with van der Waals surface area (Å²) in [6.07, 6.45) is 0.802. The Kier molecular flexibility index (Phi) is 5.59. The maximum absolute atomic E-state index is 12.2. The first kappa shape index (κ1) is 16.2. The molecule has 3 nitrogen and oxygen atoms in total. The number of aromatic nitrogens is 1. The Hall–Kier alpha value is -0.835. The second-order valence-corrected chi connectivity index (χ2v) is 5.99. The Morgan fingerprint density at radius 1 is 1.53 bits per heavy atom. The number of alkyl halides is 1. The van der Waals surface area contributed by atoms with Crippen molar-refractivity contribution in [2.75, 3.05) is 5.32 Å². The summed E-state index contributed by atoms with van der Waals surface area (Å²) >= 11 is 3.46. The first-order valence-corrected chi connectivity index (χ1v) is 7.84. The van der Waals surface area contributed by atoms with Crippen LogP contribution in [0.3, 0.4) is 0 Å². The minimum absolute atomic E-state index is 0.0201. The largest absolute Gasteiger partial charge is 0.310 e. The Balaban J connectivity index is 3.04. The number of aryl methyl sites for hydroxylation is 1. The number of nitrogens with one attached hydrogen (secondary N) is 1. The number of amides is 1. The second kappa shape index (κ2) is 6.55. The summed E-state index contributed by atoms with van der Waals surface area (Å²) in [5, 5.41) is 3.64. The minimum atomic E-state index is -0.367. The molecule has 0 radical (unpaired) electrons. The number of rotatable bonds is 5. The predicted molar refractivity (Wildman–Crippen MR) is 87.0 cm³/mol. The number of halogens is 1. The topological polar surface area (TPSA) is 42.0 Å². The molecule has 104 valence electrons. The molecule has 19 heavy (non-hydrogen) atoms. The molecule has 0 atom stereocenters. The van der Waals surface area contributed by atoms with E-state index in [1.165, 1.54) is 11.0 Å². The van der Waals surface area contributed by atoms with E-state index in [0.717, 1.165) is 19.4 Å². The number of hydrogen-bond acceptors (Lipinski definition) is 2. The Morgan fingerprint density at radius 3 is 2.63 bits per heavy atom. The highest BCUT2D eigenvalue weighted by Crippen LogP contribution is 2.22. The van der Waals surface area contributed by atoms with Crippen molar-refractivity contribution in [2.24, 2.45) is 5.41 Å². The van der Waals surface area contributed by atoms with Gasteiger partial charge in [0.25, 0.3) is 0 Å². The zero-order valence-electron chi connectivity index (χ0n) is 12.4. The normalized spacial score (nSPS) is 11.3. The van der Waals surface area contributed by atoms with Gasteiger partial charge in [0, 0.05) is 16.4 Å². The first-order valence-electron chi connectivity index (χ1n) is 6.72. The first-order chi connectivity index (χ1) is 8.85. The van der Waals surface area contributed by atoms with Crippen LogP contribution in [-0.4, -0.2) is 18.2 Å². The highest BCUT2D eigenvalue weighted by Gasteiger charge is 2.25. The van der Waals surface area contributed by atoms with E-state index in [1.54, 1.807) is 0 Å². The number of carbonyl (C=O) groups excluding carboxylic acids is 1. The SMILES string of the molecule is CBc1c(C)cc(NC(=O)C(C)(C)CC)nc1CBr. The van der Waals surface area contributed by atoms with Crippen LogP contribution in [0, 0.1) is 12.3 Å². The zero-order chi connectivity index (χ0) is 14.6. The lowest BCUT2D eigenvalue weighted by Crippen LogP contribution is -2.31. The van der Waals surface area contributed by atoms with Gasteiger partial charge in [0.2, 0.25) is 5.91 Å². The van der Waals surface area contributed by atoms with E-state index in [4.69, 9.17) is 0 Å². The average molecular weight is 325 g/mol. The van der Waals surface area contributed by atoms with E-state index in [0.29, 0.717) is 11.1 Å². The van der Waals surface area contributed by atoms with Crippen molar-refractivity contribution in [1.82, 2.24) is 4.98 Å². The zero-order valence-corrected chi connectivity index (χ0v) is 14.0.